The quantitative estimate of drug-likeness (QED) is 0.226. The van der Waals surface area contributed by atoms with Gasteiger partial charge < -0.3 is 9.88 Å². The highest BCUT2D eigenvalue weighted by atomic mass is 15.0. The first-order valence-electron chi connectivity index (χ1n) is 17.1. The fraction of sp³-hybridized carbons (Fsp3) is 0.289. The van der Waals surface area contributed by atoms with E-state index in [0.717, 1.165) is 43.5 Å². The first-order valence-corrected chi connectivity index (χ1v) is 17.1. The number of para-hydroxylation sites is 2. The second kappa shape index (κ2) is 21.9. The predicted molar refractivity (Wildman–Crippen MR) is 213 cm³/mol. The third-order valence-electron chi connectivity index (χ3n) is 7.71. The molecule has 2 heteroatoms. The van der Waals surface area contributed by atoms with Gasteiger partial charge in [-0.05, 0) is 102 Å². The van der Waals surface area contributed by atoms with Gasteiger partial charge in [0.15, 0.2) is 0 Å². The van der Waals surface area contributed by atoms with Crippen LogP contribution in [0.4, 0.5) is 5.69 Å². The van der Waals surface area contributed by atoms with Crippen molar-refractivity contribution in [3.8, 4) is 12.3 Å². The maximum absolute atomic E-state index is 4.60. The number of nitrogens with one attached hydrogen (secondary N) is 1. The maximum Gasteiger partial charge on any atom is 0.0537 e. The van der Waals surface area contributed by atoms with Crippen molar-refractivity contribution in [3.05, 3.63) is 144 Å². The lowest BCUT2D eigenvalue weighted by Gasteiger charge is -2.16. The van der Waals surface area contributed by atoms with E-state index >= 15 is 0 Å². The normalized spacial score (nSPS) is 20.1. The van der Waals surface area contributed by atoms with E-state index in [0.29, 0.717) is 5.92 Å². The van der Waals surface area contributed by atoms with Crippen LogP contribution < -0.4 is 5.32 Å². The van der Waals surface area contributed by atoms with E-state index in [1.54, 1.807) is 13.0 Å². The van der Waals surface area contributed by atoms with Gasteiger partial charge in [0.25, 0.3) is 0 Å². The summed E-state index contributed by atoms with van der Waals surface area (Å²) in [6, 6.07) is 17.4. The Hall–Kier alpha value is -4.74. The number of rotatable bonds is 4. The van der Waals surface area contributed by atoms with Gasteiger partial charge in [0.1, 0.15) is 0 Å². The molecule has 0 fully saturated rings. The molecule has 47 heavy (non-hydrogen) atoms. The molecule has 0 bridgehead atoms. The molecule has 0 saturated heterocycles. The first-order chi connectivity index (χ1) is 23.0. The molecule has 0 spiro atoms. The molecule has 3 aromatic rings. The summed E-state index contributed by atoms with van der Waals surface area (Å²) in [6.45, 7) is 17.5. The Bertz CT molecular complexity index is 1670. The average molecular weight is 625 g/mol. The van der Waals surface area contributed by atoms with E-state index in [9.17, 15) is 0 Å². The van der Waals surface area contributed by atoms with Crippen LogP contribution in [0.15, 0.2) is 128 Å². The summed E-state index contributed by atoms with van der Waals surface area (Å²) in [5.41, 5.74) is 10.2. The van der Waals surface area contributed by atoms with E-state index in [2.05, 4.69) is 165 Å². The molecule has 0 radical (unpaired) electrons. The molecule has 2 aromatic carbocycles. The van der Waals surface area contributed by atoms with E-state index in [1.165, 1.54) is 39.0 Å². The minimum Gasteiger partial charge on any atom is -0.355 e. The smallest absolute Gasteiger partial charge is 0.0537 e. The summed E-state index contributed by atoms with van der Waals surface area (Å²) >= 11 is 0. The standard InChI is InChI=1S/C37H40N2.C3H6.C3H4.C2H6/c1-4-29(3)32-20-9-12-23-35(32)38-30-17-7-5-6-8-19-31(27-26-28(2)16-15-18-30)39-36-24-13-10-21-33(36)34-22-11-14-25-37(34)39;2*1-3-2;1-2/h4-5,7-13,15,17-24,27-28,38H,6,14,16,25-26H2,1-3H3;3H,1H2,2H3;1H,2H3;1-2H3/b7-5+,18-15-,19-8-,29-4+,30-17+,31-27+;;;. The molecule has 5 rings (SSSR count). The Morgan fingerprint density at radius 3 is 2.40 bits per heavy atom. The lowest BCUT2D eigenvalue weighted by atomic mass is 10.0. The number of aromatic nitrogens is 1. The van der Waals surface area contributed by atoms with Crippen LogP contribution in [0.3, 0.4) is 0 Å². The lowest BCUT2D eigenvalue weighted by molar-refractivity contribution is 0.602. The molecule has 0 aliphatic heterocycles. The topological polar surface area (TPSA) is 17.0 Å². The third-order valence-corrected chi connectivity index (χ3v) is 7.71. The molecule has 1 heterocycles. The van der Waals surface area contributed by atoms with Gasteiger partial charge >= 0.3 is 0 Å². The first kappa shape index (κ1) is 38.4. The van der Waals surface area contributed by atoms with Crippen molar-refractivity contribution in [3.63, 3.8) is 0 Å². The van der Waals surface area contributed by atoms with Crippen molar-refractivity contribution in [2.45, 2.75) is 80.6 Å². The number of hydrogen-bond acceptors (Lipinski definition) is 1. The van der Waals surface area contributed by atoms with E-state index in [-0.39, 0.29) is 0 Å². The van der Waals surface area contributed by atoms with E-state index in [1.807, 2.05) is 20.8 Å². The summed E-state index contributed by atoms with van der Waals surface area (Å²) in [7, 11) is 0. The van der Waals surface area contributed by atoms with Crippen molar-refractivity contribution in [1.82, 2.24) is 4.57 Å². The summed E-state index contributed by atoms with van der Waals surface area (Å²) in [5, 5.41) is 5.03. The number of nitrogens with zero attached hydrogens (tertiary/aromatic N) is 1. The molecule has 1 N–H and O–H groups in total. The predicted octanol–water partition coefficient (Wildman–Crippen LogP) is 13.2. The summed E-state index contributed by atoms with van der Waals surface area (Å²) in [6.07, 6.45) is 36.5. The van der Waals surface area contributed by atoms with Crippen LogP contribution >= 0.6 is 0 Å². The minimum absolute atomic E-state index is 0.541. The molecule has 2 aliphatic rings. The number of fused-ring (bicyclic) bond motifs is 3. The van der Waals surface area contributed by atoms with E-state index < -0.39 is 0 Å². The molecule has 246 valence electrons. The van der Waals surface area contributed by atoms with Crippen molar-refractivity contribution in [2.75, 3.05) is 5.32 Å². The Morgan fingerprint density at radius 1 is 0.957 bits per heavy atom. The van der Waals surface area contributed by atoms with Crippen molar-refractivity contribution < 1.29 is 0 Å². The molecule has 0 amide bonds. The van der Waals surface area contributed by atoms with Gasteiger partial charge in [-0.1, -0.05) is 112 Å². The zero-order chi connectivity index (χ0) is 34.4. The number of terminal acetylenes is 1. The fourth-order valence-electron chi connectivity index (χ4n) is 5.45. The molecule has 2 nitrogen and oxygen atoms in total. The Labute approximate surface area is 286 Å². The van der Waals surface area contributed by atoms with E-state index in [4.69, 9.17) is 0 Å². The van der Waals surface area contributed by atoms with Crippen LogP contribution in [-0.2, 0) is 6.42 Å². The molecule has 1 aromatic heterocycles. The molecular formula is C45H56N2. The Balaban J connectivity index is 0.000000878. The fourth-order valence-corrected chi connectivity index (χ4v) is 5.45. The molecule has 1 atom stereocenters. The van der Waals surface area contributed by atoms with Gasteiger partial charge in [0, 0.05) is 39.3 Å². The Kier molecular flexibility index (Phi) is 17.9. The van der Waals surface area contributed by atoms with Crippen molar-refractivity contribution in [1.29, 1.82) is 0 Å². The molecule has 1 unspecified atom stereocenters. The van der Waals surface area contributed by atoms with Crippen LogP contribution in [0.5, 0.6) is 0 Å². The molecule has 2 aliphatic carbocycles. The van der Waals surface area contributed by atoms with Gasteiger partial charge in [0.05, 0.1) is 5.52 Å². The minimum atomic E-state index is 0.541. The highest BCUT2D eigenvalue weighted by Crippen LogP contribution is 2.34. The zero-order valence-electron chi connectivity index (χ0n) is 29.9. The maximum atomic E-state index is 4.60. The molecular weight excluding hydrogens is 569 g/mol. The number of allylic oxidation sites excluding steroid dienone is 13. The highest BCUT2D eigenvalue weighted by molar-refractivity contribution is 5.95. The van der Waals surface area contributed by atoms with Gasteiger partial charge in [0.2, 0.25) is 0 Å². The van der Waals surface area contributed by atoms with Gasteiger partial charge in [-0.25, -0.2) is 0 Å². The second-order valence-electron chi connectivity index (χ2n) is 11.3. The van der Waals surface area contributed by atoms with Crippen LogP contribution in [0.25, 0.3) is 28.2 Å². The van der Waals surface area contributed by atoms with Gasteiger partial charge in [-0.3, -0.25) is 0 Å². The lowest BCUT2D eigenvalue weighted by Crippen LogP contribution is -2.04. The van der Waals surface area contributed by atoms with Gasteiger partial charge in [-0.2, -0.15) is 0 Å². The van der Waals surface area contributed by atoms with Crippen LogP contribution in [0.2, 0.25) is 0 Å². The Morgan fingerprint density at radius 2 is 1.66 bits per heavy atom. The van der Waals surface area contributed by atoms with Crippen molar-refractivity contribution >= 4 is 33.9 Å². The number of benzene rings is 2. The third kappa shape index (κ3) is 11.5. The van der Waals surface area contributed by atoms with Crippen LogP contribution in [0, 0.1) is 18.3 Å². The zero-order valence-corrected chi connectivity index (χ0v) is 29.9. The largest absolute Gasteiger partial charge is 0.355 e. The SMILES string of the molecule is C#CC.C/C=C(\C)c1ccccc1NC1=C/C=C/C/C=C\C(n2c3c(c4ccccc42)C=CCC3)=C/CC(C)C/C=C\1.C=CC.CC. The average Bonchev–Trinajstić information content (AvgIpc) is 3.43. The van der Waals surface area contributed by atoms with Crippen molar-refractivity contribution in [2.24, 2.45) is 5.92 Å². The number of hydrogen-bond donors (Lipinski definition) is 1. The number of anilines is 1. The monoisotopic (exact) mass is 624 g/mol. The summed E-state index contributed by atoms with van der Waals surface area (Å²) < 4.78 is 2.51. The van der Waals surface area contributed by atoms with Gasteiger partial charge in [-0.15, -0.1) is 18.9 Å². The summed E-state index contributed by atoms with van der Waals surface area (Å²) in [5.74, 6) is 2.79. The summed E-state index contributed by atoms with van der Waals surface area (Å²) in [4.78, 5) is 0. The highest BCUT2D eigenvalue weighted by Gasteiger charge is 2.18. The van der Waals surface area contributed by atoms with Crippen LogP contribution in [-0.4, -0.2) is 4.57 Å². The molecule has 0 saturated carbocycles. The second-order valence-corrected chi connectivity index (χ2v) is 11.3. The van der Waals surface area contributed by atoms with Crippen LogP contribution in [0.1, 0.15) is 91.0 Å².